The van der Waals surface area contributed by atoms with E-state index in [2.05, 4.69) is 10.3 Å². The van der Waals surface area contributed by atoms with E-state index in [4.69, 9.17) is 0 Å². The lowest BCUT2D eigenvalue weighted by Gasteiger charge is -2.22. The number of aromatic nitrogens is 1. The topological polar surface area (TPSA) is 45.2 Å². The Balaban J connectivity index is 1.81. The number of amides is 1. The second-order valence-corrected chi connectivity index (χ2v) is 5.94. The van der Waals surface area contributed by atoms with Gasteiger partial charge in [0.2, 0.25) is 0 Å². The van der Waals surface area contributed by atoms with E-state index in [0.29, 0.717) is 16.3 Å². The van der Waals surface area contributed by atoms with E-state index in [0.717, 1.165) is 19.5 Å². The van der Waals surface area contributed by atoms with E-state index in [9.17, 15) is 9.18 Å². The van der Waals surface area contributed by atoms with Crippen LogP contribution in [0.2, 0.25) is 0 Å². The highest BCUT2D eigenvalue weighted by atomic mass is 32.1. The summed E-state index contributed by atoms with van der Waals surface area (Å²) in [7, 11) is 1.79. The molecule has 21 heavy (non-hydrogen) atoms. The van der Waals surface area contributed by atoms with Gasteiger partial charge in [0, 0.05) is 30.6 Å². The second-order valence-electron chi connectivity index (χ2n) is 5.08. The first-order chi connectivity index (χ1) is 10.2. The molecule has 3 rings (SSSR count). The summed E-state index contributed by atoms with van der Waals surface area (Å²) < 4.78 is 13.8. The van der Waals surface area contributed by atoms with Crippen LogP contribution in [-0.4, -0.2) is 42.0 Å². The maximum Gasteiger partial charge on any atom is 0.273 e. The molecule has 110 valence electrons. The van der Waals surface area contributed by atoms with E-state index in [1.165, 1.54) is 17.4 Å². The predicted molar refractivity (Wildman–Crippen MR) is 80.9 cm³/mol. The van der Waals surface area contributed by atoms with E-state index in [1.807, 2.05) is 0 Å². The van der Waals surface area contributed by atoms with Gasteiger partial charge >= 0.3 is 0 Å². The SMILES string of the molecule is CN(C(=O)c1csc(-c2ccccc2F)n1)C1CCNC1. The maximum atomic E-state index is 13.8. The summed E-state index contributed by atoms with van der Waals surface area (Å²) >= 11 is 1.29. The molecule has 1 amide bonds. The molecule has 1 atom stereocenters. The number of carbonyl (C=O) groups excluding carboxylic acids is 1. The summed E-state index contributed by atoms with van der Waals surface area (Å²) in [4.78, 5) is 18.4. The Hall–Kier alpha value is -1.79. The minimum absolute atomic E-state index is 0.109. The number of thiazole rings is 1. The van der Waals surface area contributed by atoms with Crippen LogP contribution in [0.3, 0.4) is 0 Å². The number of hydrogen-bond donors (Lipinski definition) is 1. The first-order valence-corrected chi connectivity index (χ1v) is 7.73. The molecule has 2 aromatic rings. The third-order valence-electron chi connectivity index (χ3n) is 3.73. The Morgan fingerprint density at radius 3 is 3.00 bits per heavy atom. The van der Waals surface area contributed by atoms with Gasteiger partial charge in [-0.1, -0.05) is 12.1 Å². The van der Waals surface area contributed by atoms with Gasteiger partial charge < -0.3 is 10.2 Å². The monoisotopic (exact) mass is 305 g/mol. The number of rotatable bonds is 3. The van der Waals surface area contributed by atoms with Crippen molar-refractivity contribution in [3.05, 3.63) is 41.2 Å². The van der Waals surface area contributed by atoms with Crippen LogP contribution in [0.4, 0.5) is 4.39 Å². The smallest absolute Gasteiger partial charge is 0.273 e. The van der Waals surface area contributed by atoms with Crippen molar-refractivity contribution in [1.82, 2.24) is 15.2 Å². The number of nitrogens with one attached hydrogen (secondary N) is 1. The molecule has 1 fully saturated rings. The van der Waals surface area contributed by atoms with Gasteiger partial charge in [0.25, 0.3) is 5.91 Å². The minimum Gasteiger partial charge on any atom is -0.336 e. The van der Waals surface area contributed by atoms with Crippen molar-refractivity contribution >= 4 is 17.2 Å². The summed E-state index contributed by atoms with van der Waals surface area (Å²) in [6.45, 7) is 1.74. The number of carbonyl (C=O) groups is 1. The molecule has 1 aromatic carbocycles. The quantitative estimate of drug-likeness (QED) is 0.947. The molecule has 1 unspecified atom stereocenters. The normalized spacial score (nSPS) is 17.9. The molecule has 0 spiro atoms. The third kappa shape index (κ3) is 2.82. The summed E-state index contributed by atoms with van der Waals surface area (Å²) in [5.41, 5.74) is 0.819. The Kier molecular flexibility index (Phi) is 3.98. The Morgan fingerprint density at radius 1 is 1.48 bits per heavy atom. The molecule has 1 aliphatic rings. The van der Waals surface area contributed by atoms with E-state index in [-0.39, 0.29) is 17.8 Å². The molecule has 2 heterocycles. The third-order valence-corrected chi connectivity index (χ3v) is 4.61. The highest BCUT2D eigenvalue weighted by Crippen LogP contribution is 2.26. The summed E-state index contributed by atoms with van der Waals surface area (Å²) in [5, 5.41) is 5.47. The average molecular weight is 305 g/mol. The first-order valence-electron chi connectivity index (χ1n) is 6.85. The lowest BCUT2D eigenvalue weighted by molar-refractivity contribution is 0.0739. The summed E-state index contributed by atoms with van der Waals surface area (Å²) in [5.74, 6) is -0.429. The molecule has 1 N–H and O–H groups in total. The Bertz CT molecular complexity index is 652. The molecule has 0 aliphatic carbocycles. The molecular weight excluding hydrogens is 289 g/mol. The fraction of sp³-hybridized carbons (Fsp3) is 0.333. The van der Waals surface area contributed by atoms with Crippen molar-refractivity contribution in [2.24, 2.45) is 0 Å². The Labute approximate surface area is 126 Å². The summed E-state index contributed by atoms with van der Waals surface area (Å²) in [6, 6.07) is 6.68. The van der Waals surface area contributed by atoms with Crippen LogP contribution < -0.4 is 5.32 Å². The molecule has 1 aliphatic heterocycles. The van der Waals surface area contributed by atoms with Gasteiger partial charge in [0.1, 0.15) is 16.5 Å². The largest absolute Gasteiger partial charge is 0.336 e. The van der Waals surface area contributed by atoms with Gasteiger partial charge in [-0.15, -0.1) is 11.3 Å². The van der Waals surface area contributed by atoms with Crippen molar-refractivity contribution in [3.63, 3.8) is 0 Å². The van der Waals surface area contributed by atoms with Crippen molar-refractivity contribution in [1.29, 1.82) is 0 Å². The van der Waals surface area contributed by atoms with Gasteiger partial charge in [0.05, 0.1) is 0 Å². The second kappa shape index (κ2) is 5.91. The zero-order valence-electron chi connectivity index (χ0n) is 11.7. The highest BCUT2D eigenvalue weighted by Gasteiger charge is 2.25. The van der Waals surface area contributed by atoms with Crippen LogP contribution >= 0.6 is 11.3 Å². The van der Waals surface area contributed by atoms with Crippen LogP contribution in [0.25, 0.3) is 10.6 Å². The van der Waals surface area contributed by atoms with Crippen LogP contribution in [0.15, 0.2) is 29.6 Å². The first kappa shape index (κ1) is 14.2. The maximum absolute atomic E-state index is 13.8. The molecular formula is C15H16FN3OS. The average Bonchev–Trinajstić information content (AvgIpc) is 3.17. The van der Waals surface area contributed by atoms with Crippen molar-refractivity contribution < 1.29 is 9.18 Å². The van der Waals surface area contributed by atoms with Crippen LogP contribution in [0.5, 0.6) is 0 Å². The molecule has 4 nitrogen and oxygen atoms in total. The molecule has 1 saturated heterocycles. The van der Waals surface area contributed by atoms with Crippen molar-refractivity contribution in [2.45, 2.75) is 12.5 Å². The zero-order valence-corrected chi connectivity index (χ0v) is 12.5. The highest BCUT2D eigenvalue weighted by molar-refractivity contribution is 7.13. The number of hydrogen-bond acceptors (Lipinski definition) is 4. The van der Waals surface area contributed by atoms with E-state index in [1.54, 1.807) is 35.5 Å². The van der Waals surface area contributed by atoms with Crippen LogP contribution in [-0.2, 0) is 0 Å². The van der Waals surface area contributed by atoms with Crippen molar-refractivity contribution in [3.8, 4) is 10.6 Å². The lowest BCUT2D eigenvalue weighted by atomic mass is 10.2. The van der Waals surface area contributed by atoms with Crippen molar-refractivity contribution in [2.75, 3.05) is 20.1 Å². The minimum atomic E-state index is -0.320. The number of benzene rings is 1. The molecule has 6 heteroatoms. The van der Waals surface area contributed by atoms with E-state index < -0.39 is 0 Å². The Morgan fingerprint density at radius 2 is 2.29 bits per heavy atom. The van der Waals surface area contributed by atoms with Crippen LogP contribution in [0.1, 0.15) is 16.9 Å². The molecule has 0 saturated carbocycles. The zero-order chi connectivity index (χ0) is 14.8. The van der Waals surface area contributed by atoms with Crippen LogP contribution in [0, 0.1) is 5.82 Å². The van der Waals surface area contributed by atoms with Gasteiger partial charge in [0.15, 0.2) is 0 Å². The van der Waals surface area contributed by atoms with Gasteiger partial charge in [-0.05, 0) is 25.1 Å². The molecule has 0 radical (unpaired) electrons. The predicted octanol–water partition coefficient (Wildman–Crippen LogP) is 2.38. The molecule has 0 bridgehead atoms. The standard InChI is InChI=1S/C15H16FN3OS/c1-19(10-6-7-17-8-10)15(20)13-9-21-14(18-13)11-4-2-3-5-12(11)16/h2-5,9-10,17H,6-8H2,1H3. The fourth-order valence-corrected chi connectivity index (χ4v) is 3.27. The number of halogens is 1. The molecule has 1 aromatic heterocycles. The summed E-state index contributed by atoms with van der Waals surface area (Å²) in [6.07, 6.45) is 0.951. The number of likely N-dealkylation sites (N-methyl/N-ethyl adjacent to an activating group) is 1. The fourth-order valence-electron chi connectivity index (χ4n) is 2.45. The van der Waals surface area contributed by atoms with E-state index >= 15 is 0 Å². The lowest BCUT2D eigenvalue weighted by Crippen LogP contribution is -2.38. The van der Waals surface area contributed by atoms with Gasteiger partial charge in [-0.25, -0.2) is 9.37 Å². The van der Waals surface area contributed by atoms with Gasteiger partial charge in [-0.3, -0.25) is 4.79 Å². The van der Waals surface area contributed by atoms with Gasteiger partial charge in [-0.2, -0.15) is 0 Å². The number of nitrogens with zero attached hydrogens (tertiary/aromatic N) is 2.